The normalized spacial score (nSPS) is 25.0. The number of carbonyl (C=O) groups excluding carboxylic acids is 2. The van der Waals surface area contributed by atoms with E-state index in [1.807, 2.05) is 24.8 Å². The van der Waals surface area contributed by atoms with E-state index in [1.165, 1.54) is 5.56 Å². The van der Waals surface area contributed by atoms with Gasteiger partial charge in [0.2, 0.25) is 11.8 Å². The SMILES string of the molecule is CCCN1CC(=O)N(C[C@H]2CCCN2Cc2ccccc2)[C@@H](C)C1=O. The standard InChI is InChI=1S/C20H29N3O2/c1-3-11-22-15-19(24)23(16(2)20(22)25)14-18-10-7-12-21(18)13-17-8-5-4-6-9-17/h4-6,8-9,16,18H,3,7,10-15H2,1-2H3/t16-,18+/m0/s1. The van der Waals surface area contributed by atoms with E-state index in [4.69, 9.17) is 0 Å². The molecule has 2 aliphatic rings. The third-order valence-electron chi connectivity index (χ3n) is 5.41. The Kier molecular flexibility index (Phi) is 5.74. The summed E-state index contributed by atoms with van der Waals surface area (Å²) in [5.74, 6) is 0.182. The molecule has 0 radical (unpaired) electrons. The molecule has 5 nitrogen and oxygen atoms in total. The van der Waals surface area contributed by atoms with Gasteiger partial charge in [-0.05, 0) is 38.3 Å². The average Bonchev–Trinajstić information content (AvgIpc) is 3.04. The molecular weight excluding hydrogens is 314 g/mol. The second kappa shape index (κ2) is 8.00. The van der Waals surface area contributed by atoms with Crippen molar-refractivity contribution in [3.63, 3.8) is 0 Å². The number of carbonyl (C=O) groups is 2. The Morgan fingerprint density at radius 3 is 2.64 bits per heavy atom. The largest absolute Gasteiger partial charge is 0.332 e. The number of hydrogen-bond donors (Lipinski definition) is 0. The number of benzene rings is 1. The van der Waals surface area contributed by atoms with Crippen LogP contribution in [0.1, 0.15) is 38.7 Å². The molecule has 5 heteroatoms. The van der Waals surface area contributed by atoms with Crippen molar-refractivity contribution < 1.29 is 9.59 Å². The quantitative estimate of drug-likeness (QED) is 0.795. The molecule has 2 aliphatic heterocycles. The van der Waals surface area contributed by atoms with Crippen molar-refractivity contribution in [1.29, 1.82) is 0 Å². The molecular formula is C20H29N3O2. The van der Waals surface area contributed by atoms with Crippen LogP contribution in [0.2, 0.25) is 0 Å². The van der Waals surface area contributed by atoms with E-state index < -0.39 is 0 Å². The van der Waals surface area contributed by atoms with Crippen molar-refractivity contribution in [2.24, 2.45) is 0 Å². The molecule has 0 spiro atoms. The van der Waals surface area contributed by atoms with Crippen molar-refractivity contribution in [3.8, 4) is 0 Å². The van der Waals surface area contributed by atoms with E-state index in [0.717, 1.165) is 32.4 Å². The molecule has 25 heavy (non-hydrogen) atoms. The van der Waals surface area contributed by atoms with Crippen LogP contribution in [0.4, 0.5) is 0 Å². The van der Waals surface area contributed by atoms with Gasteiger partial charge in [0, 0.05) is 25.7 Å². The zero-order valence-electron chi connectivity index (χ0n) is 15.4. The lowest BCUT2D eigenvalue weighted by Crippen LogP contribution is -2.60. The maximum atomic E-state index is 12.6. The summed E-state index contributed by atoms with van der Waals surface area (Å²) in [4.78, 5) is 31.1. The Morgan fingerprint density at radius 2 is 1.92 bits per heavy atom. The highest BCUT2D eigenvalue weighted by Crippen LogP contribution is 2.23. The number of hydrogen-bond acceptors (Lipinski definition) is 3. The fourth-order valence-electron chi connectivity index (χ4n) is 4.02. The molecule has 2 heterocycles. The van der Waals surface area contributed by atoms with Gasteiger partial charge in [-0.1, -0.05) is 37.3 Å². The summed E-state index contributed by atoms with van der Waals surface area (Å²) in [6.07, 6.45) is 3.14. The highest BCUT2D eigenvalue weighted by Gasteiger charge is 2.38. The number of amides is 2. The molecule has 3 rings (SSSR count). The van der Waals surface area contributed by atoms with Gasteiger partial charge in [0.15, 0.2) is 0 Å². The van der Waals surface area contributed by atoms with Crippen LogP contribution in [0.5, 0.6) is 0 Å². The van der Waals surface area contributed by atoms with E-state index in [0.29, 0.717) is 19.1 Å². The van der Waals surface area contributed by atoms with Gasteiger partial charge in [-0.3, -0.25) is 14.5 Å². The number of piperazine rings is 1. The minimum atomic E-state index is -0.341. The Bertz CT molecular complexity index is 604. The van der Waals surface area contributed by atoms with Gasteiger partial charge in [-0.2, -0.15) is 0 Å². The smallest absolute Gasteiger partial charge is 0.245 e. The molecule has 0 bridgehead atoms. The molecule has 0 saturated carbocycles. The van der Waals surface area contributed by atoms with Crippen LogP contribution in [-0.2, 0) is 16.1 Å². The molecule has 2 atom stereocenters. The molecule has 2 fully saturated rings. The maximum absolute atomic E-state index is 12.6. The monoisotopic (exact) mass is 343 g/mol. The third kappa shape index (κ3) is 4.03. The first-order valence-electron chi connectivity index (χ1n) is 9.46. The van der Waals surface area contributed by atoms with Crippen molar-refractivity contribution in [1.82, 2.24) is 14.7 Å². The highest BCUT2D eigenvalue weighted by atomic mass is 16.2. The van der Waals surface area contributed by atoms with Crippen molar-refractivity contribution >= 4 is 11.8 Å². The first-order valence-corrected chi connectivity index (χ1v) is 9.46. The fourth-order valence-corrected chi connectivity index (χ4v) is 4.02. The van der Waals surface area contributed by atoms with Crippen LogP contribution in [-0.4, -0.2) is 64.8 Å². The first kappa shape index (κ1) is 17.9. The van der Waals surface area contributed by atoms with Crippen molar-refractivity contribution in [3.05, 3.63) is 35.9 Å². The Balaban J connectivity index is 1.64. The first-order chi connectivity index (χ1) is 12.1. The van der Waals surface area contributed by atoms with E-state index in [-0.39, 0.29) is 24.4 Å². The van der Waals surface area contributed by atoms with Gasteiger partial charge < -0.3 is 9.80 Å². The second-order valence-corrected chi connectivity index (χ2v) is 7.23. The van der Waals surface area contributed by atoms with E-state index >= 15 is 0 Å². The van der Waals surface area contributed by atoms with Gasteiger partial charge in [0.25, 0.3) is 0 Å². The summed E-state index contributed by atoms with van der Waals surface area (Å²) in [7, 11) is 0. The summed E-state index contributed by atoms with van der Waals surface area (Å²) < 4.78 is 0. The molecule has 1 aromatic carbocycles. The molecule has 136 valence electrons. The zero-order chi connectivity index (χ0) is 17.8. The summed E-state index contributed by atoms with van der Waals surface area (Å²) in [6.45, 7) is 7.46. The second-order valence-electron chi connectivity index (χ2n) is 7.23. The molecule has 0 aromatic heterocycles. The summed E-state index contributed by atoms with van der Waals surface area (Å²) >= 11 is 0. The van der Waals surface area contributed by atoms with Crippen molar-refractivity contribution in [2.45, 2.75) is 51.7 Å². The van der Waals surface area contributed by atoms with Crippen LogP contribution in [0.3, 0.4) is 0 Å². The summed E-state index contributed by atoms with van der Waals surface area (Å²) in [5, 5.41) is 0. The molecule has 0 N–H and O–H groups in total. The minimum Gasteiger partial charge on any atom is -0.332 e. The lowest BCUT2D eigenvalue weighted by molar-refractivity contribution is -0.155. The van der Waals surface area contributed by atoms with Crippen LogP contribution >= 0.6 is 0 Å². The third-order valence-corrected chi connectivity index (χ3v) is 5.41. The van der Waals surface area contributed by atoms with Crippen molar-refractivity contribution in [2.75, 3.05) is 26.2 Å². The predicted molar refractivity (Wildman–Crippen MR) is 97.9 cm³/mol. The Labute approximate surface area is 150 Å². The van der Waals surface area contributed by atoms with E-state index in [2.05, 4.69) is 29.2 Å². The lowest BCUT2D eigenvalue weighted by atomic mass is 10.1. The zero-order valence-corrected chi connectivity index (χ0v) is 15.4. The molecule has 2 amide bonds. The Hall–Kier alpha value is -1.88. The molecule has 0 unspecified atom stereocenters. The van der Waals surface area contributed by atoms with Gasteiger partial charge >= 0.3 is 0 Å². The van der Waals surface area contributed by atoms with Gasteiger partial charge in [0.1, 0.15) is 6.04 Å². The minimum absolute atomic E-state index is 0.0899. The van der Waals surface area contributed by atoms with E-state index in [1.54, 1.807) is 4.90 Å². The molecule has 0 aliphatic carbocycles. The maximum Gasteiger partial charge on any atom is 0.245 e. The number of rotatable bonds is 6. The summed E-state index contributed by atoms with van der Waals surface area (Å²) in [5.41, 5.74) is 1.30. The highest BCUT2D eigenvalue weighted by molar-refractivity contribution is 5.94. The predicted octanol–water partition coefficient (Wildman–Crippen LogP) is 2.12. The van der Waals surface area contributed by atoms with Crippen LogP contribution in [0.15, 0.2) is 30.3 Å². The van der Waals surface area contributed by atoms with Crippen LogP contribution in [0, 0.1) is 0 Å². The summed E-state index contributed by atoms with van der Waals surface area (Å²) in [6, 6.07) is 10.5. The van der Waals surface area contributed by atoms with Crippen LogP contribution < -0.4 is 0 Å². The molecule has 1 aromatic rings. The fraction of sp³-hybridized carbons (Fsp3) is 0.600. The molecule has 2 saturated heterocycles. The van der Waals surface area contributed by atoms with Gasteiger partial charge in [-0.25, -0.2) is 0 Å². The van der Waals surface area contributed by atoms with Gasteiger partial charge in [0.05, 0.1) is 6.54 Å². The number of likely N-dealkylation sites (tertiary alicyclic amines) is 1. The average molecular weight is 343 g/mol. The van der Waals surface area contributed by atoms with Gasteiger partial charge in [-0.15, -0.1) is 0 Å². The topological polar surface area (TPSA) is 43.9 Å². The van der Waals surface area contributed by atoms with Crippen LogP contribution in [0.25, 0.3) is 0 Å². The Morgan fingerprint density at radius 1 is 1.16 bits per heavy atom. The lowest BCUT2D eigenvalue weighted by Gasteiger charge is -2.41. The number of nitrogens with zero attached hydrogens (tertiary/aromatic N) is 3. The van der Waals surface area contributed by atoms with E-state index in [9.17, 15) is 9.59 Å².